The van der Waals surface area contributed by atoms with E-state index in [1.54, 1.807) is 6.20 Å². The monoisotopic (exact) mass is 339 g/mol. The second-order valence-electron chi connectivity index (χ2n) is 6.30. The van der Waals surface area contributed by atoms with Crippen LogP contribution in [0, 0.1) is 6.92 Å². The van der Waals surface area contributed by atoms with Gasteiger partial charge in [0.2, 0.25) is 5.91 Å². The molecule has 1 saturated heterocycles. The van der Waals surface area contributed by atoms with Gasteiger partial charge < -0.3 is 9.47 Å². The zero-order valence-electron chi connectivity index (χ0n) is 13.5. The highest BCUT2D eigenvalue weighted by Crippen LogP contribution is 2.29. The molecule has 0 atom stereocenters. The van der Waals surface area contributed by atoms with Gasteiger partial charge in [0, 0.05) is 31.0 Å². The van der Waals surface area contributed by atoms with Crippen LogP contribution in [-0.4, -0.2) is 33.4 Å². The standard InChI is InChI=1S/C19H18ClN3O/c1-13-4-2-5-14(8-13)15-9-17-19(21-10-15)16(20)11-23(17)12-18(24)22-6-3-7-22/h2,4-5,8-11H,3,6-7,12H2,1H3. The van der Waals surface area contributed by atoms with Crippen molar-refractivity contribution in [3.05, 3.63) is 53.3 Å². The van der Waals surface area contributed by atoms with Crippen LogP contribution in [0.15, 0.2) is 42.7 Å². The van der Waals surface area contributed by atoms with Gasteiger partial charge in [0.05, 0.1) is 10.5 Å². The van der Waals surface area contributed by atoms with Gasteiger partial charge >= 0.3 is 0 Å². The molecule has 0 saturated carbocycles. The molecule has 4 rings (SSSR count). The van der Waals surface area contributed by atoms with Crippen molar-refractivity contribution in [2.24, 2.45) is 0 Å². The molecule has 0 bridgehead atoms. The Balaban J connectivity index is 1.74. The number of hydrogen-bond acceptors (Lipinski definition) is 2. The van der Waals surface area contributed by atoms with Crippen molar-refractivity contribution in [3.8, 4) is 11.1 Å². The molecule has 4 nitrogen and oxygen atoms in total. The van der Waals surface area contributed by atoms with Crippen molar-refractivity contribution in [1.29, 1.82) is 0 Å². The van der Waals surface area contributed by atoms with Crippen molar-refractivity contribution in [3.63, 3.8) is 0 Å². The fraction of sp³-hybridized carbons (Fsp3) is 0.263. The number of hydrogen-bond donors (Lipinski definition) is 0. The van der Waals surface area contributed by atoms with Crippen LogP contribution in [0.3, 0.4) is 0 Å². The van der Waals surface area contributed by atoms with E-state index in [1.807, 2.05) is 21.7 Å². The maximum atomic E-state index is 12.3. The highest BCUT2D eigenvalue weighted by atomic mass is 35.5. The van der Waals surface area contributed by atoms with Gasteiger partial charge in [-0.2, -0.15) is 0 Å². The third-order valence-electron chi connectivity index (χ3n) is 4.54. The molecule has 1 aromatic carbocycles. The summed E-state index contributed by atoms with van der Waals surface area (Å²) in [4.78, 5) is 18.7. The van der Waals surface area contributed by atoms with Crippen molar-refractivity contribution in [1.82, 2.24) is 14.5 Å². The lowest BCUT2D eigenvalue weighted by molar-refractivity contribution is -0.135. The topological polar surface area (TPSA) is 38.1 Å². The molecular weight excluding hydrogens is 322 g/mol. The average molecular weight is 340 g/mol. The fourth-order valence-electron chi connectivity index (χ4n) is 3.05. The summed E-state index contributed by atoms with van der Waals surface area (Å²) >= 11 is 6.30. The van der Waals surface area contributed by atoms with E-state index < -0.39 is 0 Å². The molecule has 0 radical (unpaired) electrons. The SMILES string of the molecule is Cc1cccc(-c2cnc3c(Cl)cn(CC(=O)N4CCC4)c3c2)c1. The summed E-state index contributed by atoms with van der Waals surface area (Å²) in [5, 5.41) is 0.581. The van der Waals surface area contributed by atoms with Crippen LogP contribution in [0.5, 0.6) is 0 Å². The highest BCUT2D eigenvalue weighted by Gasteiger charge is 2.21. The highest BCUT2D eigenvalue weighted by molar-refractivity contribution is 6.35. The Kier molecular flexibility index (Phi) is 3.77. The fourth-order valence-corrected chi connectivity index (χ4v) is 3.31. The molecule has 0 N–H and O–H groups in total. The molecule has 3 heterocycles. The molecule has 3 aromatic rings. The van der Waals surface area contributed by atoms with Crippen LogP contribution in [0.4, 0.5) is 0 Å². The smallest absolute Gasteiger partial charge is 0.242 e. The Hall–Kier alpha value is -2.33. The normalized spacial score (nSPS) is 14.0. The predicted octanol–water partition coefficient (Wildman–Crippen LogP) is 3.90. The number of halogens is 1. The molecule has 1 fully saturated rings. The summed E-state index contributed by atoms with van der Waals surface area (Å²) in [5.74, 6) is 0.135. The van der Waals surface area contributed by atoms with Gasteiger partial charge in [-0.1, -0.05) is 41.4 Å². The largest absolute Gasteiger partial charge is 0.341 e. The first-order valence-corrected chi connectivity index (χ1v) is 8.49. The summed E-state index contributed by atoms with van der Waals surface area (Å²) in [7, 11) is 0. The summed E-state index contributed by atoms with van der Waals surface area (Å²) in [6, 6.07) is 10.4. The number of aromatic nitrogens is 2. The lowest BCUT2D eigenvalue weighted by Gasteiger charge is -2.31. The van der Waals surface area contributed by atoms with Crippen LogP contribution in [0.25, 0.3) is 22.2 Å². The molecule has 1 aliphatic heterocycles. The Labute approximate surface area is 145 Å². The Morgan fingerprint density at radius 2 is 2.08 bits per heavy atom. The van der Waals surface area contributed by atoms with E-state index in [4.69, 9.17) is 11.6 Å². The number of benzene rings is 1. The van der Waals surface area contributed by atoms with Crippen molar-refractivity contribution in [2.75, 3.05) is 13.1 Å². The molecule has 0 aliphatic carbocycles. The Morgan fingerprint density at radius 1 is 1.25 bits per heavy atom. The average Bonchev–Trinajstić information content (AvgIpc) is 2.81. The maximum absolute atomic E-state index is 12.3. The van der Waals surface area contributed by atoms with Crippen molar-refractivity contribution in [2.45, 2.75) is 19.9 Å². The minimum atomic E-state index is 0.135. The third kappa shape index (κ3) is 2.67. The van der Waals surface area contributed by atoms with Crippen molar-refractivity contribution < 1.29 is 4.79 Å². The Morgan fingerprint density at radius 3 is 2.79 bits per heavy atom. The predicted molar refractivity (Wildman–Crippen MR) is 96.1 cm³/mol. The van der Waals surface area contributed by atoms with Gasteiger partial charge in [0.1, 0.15) is 12.1 Å². The molecule has 5 heteroatoms. The minimum Gasteiger partial charge on any atom is -0.341 e. The van der Waals surface area contributed by atoms with Crippen LogP contribution in [-0.2, 0) is 11.3 Å². The van der Waals surface area contributed by atoms with Crippen LogP contribution in [0.1, 0.15) is 12.0 Å². The third-order valence-corrected chi connectivity index (χ3v) is 4.81. The van der Waals surface area contributed by atoms with E-state index in [9.17, 15) is 4.79 Å². The minimum absolute atomic E-state index is 0.135. The first-order chi connectivity index (χ1) is 11.6. The molecule has 24 heavy (non-hydrogen) atoms. The first-order valence-electron chi connectivity index (χ1n) is 8.11. The van der Waals surface area contributed by atoms with Crippen LogP contribution < -0.4 is 0 Å². The second-order valence-corrected chi connectivity index (χ2v) is 6.71. The van der Waals surface area contributed by atoms with E-state index in [1.165, 1.54) is 5.56 Å². The maximum Gasteiger partial charge on any atom is 0.242 e. The quantitative estimate of drug-likeness (QED) is 0.726. The number of carbonyl (C=O) groups is 1. The van der Waals surface area contributed by atoms with Crippen molar-refractivity contribution >= 4 is 28.5 Å². The summed E-state index contributed by atoms with van der Waals surface area (Å²) < 4.78 is 1.91. The molecule has 122 valence electrons. The molecule has 2 aromatic heterocycles. The zero-order valence-corrected chi connectivity index (χ0v) is 14.3. The van der Waals surface area contributed by atoms with Gasteiger partial charge in [0.25, 0.3) is 0 Å². The number of fused-ring (bicyclic) bond motifs is 1. The summed E-state index contributed by atoms with van der Waals surface area (Å²) in [5.41, 5.74) is 4.98. The lowest BCUT2D eigenvalue weighted by atomic mass is 10.1. The number of pyridine rings is 1. The van der Waals surface area contributed by atoms with Gasteiger partial charge in [-0.05, 0) is 25.0 Å². The van der Waals surface area contributed by atoms with E-state index in [2.05, 4.69) is 36.2 Å². The first kappa shape index (κ1) is 15.2. The number of rotatable bonds is 3. The van der Waals surface area contributed by atoms with E-state index in [0.717, 1.165) is 41.7 Å². The van der Waals surface area contributed by atoms with Gasteiger partial charge in [0.15, 0.2) is 0 Å². The number of carbonyl (C=O) groups excluding carboxylic acids is 1. The molecule has 0 spiro atoms. The van der Waals surface area contributed by atoms with E-state index >= 15 is 0 Å². The molecule has 1 aliphatic rings. The van der Waals surface area contributed by atoms with E-state index in [-0.39, 0.29) is 5.91 Å². The molecule has 0 unspecified atom stereocenters. The number of nitrogens with zero attached hydrogens (tertiary/aromatic N) is 3. The van der Waals surface area contributed by atoms with Crippen LogP contribution >= 0.6 is 11.6 Å². The lowest BCUT2D eigenvalue weighted by Crippen LogP contribution is -2.43. The van der Waals surface area contributed by atoms with E-state index in [0.29, 0.717) is 11.6 Å². The number of amides is 1. The van der Waals surface area contributed by atoms with Gasteiger partial charge in [-0.3, -0.25) is 9.78 Å². The number of likely N-dealkylation sites (tertiary alicyclic amines) is 1. The zero-order chi connectivity index (χ0) is 16.7. The Bertz CT molecular complexity index is 928. The van der Waals surface area contributed by atoms with Gasteiger partial charge in [-0.15, -0.1) is 0 Å². The van der Waals surface area contributed by atoms with Crippen LogP contribution in [0.2, 0.25) is 5.02 Å². The molecule has 1 amide bonds. The number of aryl methyl sites for hydroxylation is 1. The molecular formula is C19H18ClN3O. The van der Waals surface area contributed by atoms with Gasteiger partial charge in [-0.25, -0.2) is 0 Å². The second kappa shape index (κ2) is 5.95. The summed E-state index contributed by atoms with van der Waals surface area (Å²) in [6.45, 7) is 4.10. The summed E-state index contributed by atoms with van der Waals surface area (Å²) in [6.07, 6.45) is 4.74.